The lowest BCUT2D eigenvalue weighted by molar-refractivity contribution is 0.206. The first-order valence-corrected chi connectivity index (χ1v) is 10.7. The zero-order chi connectivity index (χ0) is 21.9. The molecule has 2 N–H and O–H groups in total. The van der Waals surface area contributed by atoms with Crippen molar-refractivity contribution in [2.24, 2.45) is 4.99 Å². The van der Waals surface area contributed by atoms with Crippen LogP contribution in [-0.4, -0.2) is 46.8 Å². The molecule has 2 heterocycles. The predicted molar refractivity (Wildman–Crippen MR) is 137 cm³/mol. The first-order valence-electron chi connectivity index (χ1n) is 10.4. The number of hydrogen-bond donors (Lipinski definition) is 2. The molecule has 0 fully saturated rings. The Labute approximate surface area is 210 Å². The van der Waals surface area contributed by atoms with Gasteiger partial charge in [0.25, 0.3) is 5.89 Å². The van der Waals surface area contributed by atoms with Gasteiger partial charge in [-0.05, 0) is 37.6 Å². The van der Waals surface area contributed by atoms with Crippen molar-refractivity contribution in [2.45, 2.75) is 32.8 Å². The van der Waals surface area contributed by atoms with Gasteiger partial charge in [0.1, 0.15) is 17.5 Å². The van der Waals surface area contributed by atoms with E-state index in [1.807, 2.05) is 49.4 Å². The van der Waals surface area contributed by atoms with E-state index in [1.54, 1.807) is 6.20 Å². The molecular formula is C22H28ClIN6O2. The normalized spacial score (nSPS) is 12.0. The summed E-state index contributed by atoms with van der Waals surface area (Å²) in [7, 11) is 0. The van der Waals surface area contributed by atoms with Crippen molar-refractivity contribution in [3.05, 3.63) is 59.5 Å². The van der Waals surface area contributed by atoms with Gasteiger partial charge in [-0.2, -0.15) is 4.98 Å². The van der Waals surface area contributed by atoms with Crippen LogP contribution in [0, 0.1) is 0 Å². The summed E-state index contributed by atoms with van der Waals surface area (Å²) in [4.78, 5) is 13.3. The molecule has 1 aromatic carbocycles. The minimum Gasteiger partial charge on any atom is -0.487 e. The third-order valence-electron chi connectivity index (χ3n) is 4.38. The fraction of sp³-hybridized carbons (Fsp3) is 0.364. The zero-order valence-electron chi connectivity index (χ0n) is 18.1. The number of nitrogens with zero attached hydrogens (tertiary/aromatic N) is 4. The number of pyridine rings is 1. The van der Waals surface area contributed by atoms with Crippen LogP contribution in [0.2, 0.25) is 5.02 Å². The monoisotopic (exact) mass is 570 g/mol. The first-order chi connectivity index (χ1) is 15.2. The van der Waals surface area contributed by atoms with Crippen molar-refractivity contribution in [3.63, 3.8) is 0 Å². The minimum absolute atomic E-state index is 0. The Morgan fingerprint density at radius 1 is 1.16 bits per heavy atom. The Hall–Kier alpha value is -2.40. The second kappa shape index (κ2) is 13.9. The van der Waals surface area contributed by atoms with Gasteiger partial charge in [-0.3, -0.25) is 4.98 Å². The molecule has 0 aliphatic rings. The van der Waals surface area contributed by atoms with Crippen molar-refractivity contribution in [2.75, 3.05) is 19.6 Å². The summed E-state index contributed by atoms with van der Waals surface area (Å²) in [5.41, 5.74) is 0.660. The number of ether oxygens (including phenoxy) is 1. The van der Waals surface area contributed by atoms with Gasteiger partial charge in [0.15, 0.2) is 11.8 Å². The quantitative estimate of drug-likeness (QED) is 0.212. The largest absolute Gasteiger partial charge is 0.487 e. The number of aromatic nitrogens is 3. The van der Waals surface area contributed by atoms with E-state index in [2.05, 4.69) is 37.7 Å². The molecule has 2 aromatic heterocycles. The summed E-state index contributed by atoms with van der Waals surface area (Å²) in [6.45, 7) is 5.94. The van der Waals surface area contributed by atoms with E-state index in [1.165, 1.54) is 0 Å². The van der Waals surface area contributed by atoms with Crippen molar-refractivity contribution in [1.29, 1.82) is 0 Å². The molecule has 1 atom stereocenters. The van der Waals surface area contributed by atoms with Crippen LogP contribution in [-0.2, 0) is 6.42 Å². The van der Waals surface area contributed by atoms with Crippen LogP contribution in [0.1, 0.15) is 26.1 Å². The molecule has 0 aliphatic carbocycles. The van der Waals surface area contributed by atoms with Gasteiger partial charge in [-0.1, -0.05) is 41.9 Å². The summed E-state index contributed by atoms with van der Waals surface area (Å²) < 4.78 is 11.3. The fourth-order valence-corrected chi connectivity index (χ4v) is 2.93. The number of benzene rings is 1. The number of para-hydroxylation sites is 1. The molecule has 3 rings (SSSR count). The van der Waals surface area contributed by atoms with Crippen LogP contribution in [0.25, 0.3) is 11.6 Å². The SMILES string of the molecule is CCNC(=NCC(CC)Oc1ccccc1Cl)NCCc1noc(-c2ccccn2)n1.I. The number of aliphatic imine (C=N–C) groups is 1. The lowest BCUT2D eigenvalue weighted by atomic mass is 10.2. The minimum atomic E-state index is -0.0755. The molecule has 32 heavy (non-hydrogen) atoms. The van der Waals surface area contributed by atoms with Crippen molar-refractivity contribution in [3.8, 4) is 17.3 Å². The Bertz CT molecular complexity index is 970. The molecule has 0 radical (unpaired) electrons. The topological polar surface area (TPSA) is 97.5 Å². The van der Waals surface area contributed by atoms with E-state index in [4.69, 9.17) is 20.9 Å². The Morgan fingerprint density at radius 3 is 2.69 bits per heavy atom. The average Bonchev–Trinajstić information content (AvgIpc) is 3.27. The Kier molecular flexibility index (Phi) is 11.2. The molecule has 8 nitrogen and oxygen atoms in total. The Morgan fingerprint density at radius 2 is 1.97 bits per heavy atom. The third kappa shape index (κ3) is 7.94. The third-order valence-corrected chi connectivity index (χ3v) is 4.69. The van der Waals surface area contributed by atoms with Crippen molar-refractivity contribution >= 4 is 41.5 Å². The lowest BCUT2D eigenvalue weighted by Crippen LogP contribution is -2.39. The van der Waals surface area contributed by atoms with E-state index in [0.717, 1.165) is 13.0 Å². The number of guanidine groups is 1. The maximum atomic E-state index is 6.20. The highest BCUT2D eigenvalue weighted by atomic mass is 127. The van der Waals surface area contributed by atoms with Gasteiger partial charge in [0.05, 0.1) is 11.6 Å². The highest BCUT2D eigenvalue weighted by Gasteiger charge is 2.12. The number of halogens is 2. The van der Waals surface area contributed by atoms with Crippen LogP contribution in [0.15, 0.2) is 58.2 Å². The highest BCUT2D eigenvalue weighted by molar-refractivity contribution is 14.0. The predicted octanol–water partition coefficient (Wildman–Crippen LogP) is 4.36. The number of nitrogens with one attached hydrogen (secondary N) is 2. The lowest BCUT2D eigenvalue weighted by Gasteiger charge is -2.18. The van der Waals surface area contributed by atoms with E-state index < -0.39 is 0 Å². The van der Waals surface area contributed by atoms with E-state index in [0.29, 0.717) is 53.7 Å². The molecule has 0 saturated carbocycles. The molecule has 0 bridgehead atoms. The van der Waals surface area contributed by atoms with Crippen LogP contribution >= 0.6 is 35.6 Å². The number of hydrogen-bond acceptors (Lipinski definition) is 6. The van der Waals surface area contributed by atoms with Gasteiger partial charge >= 0.3 is 0 Å². The smallest absolute Gasteiger partial charge is 0.276 e. The molecule has 1 unspecified atom stereocenters. The summed E-state index contributed by atoms with van der Waals surface area (Å²) in [6, 6.07) is 13.0. The molecule has 3 aromatic rings. The van der Waals surface area contributed by atoms with Gasteiger partial charge in [-0.25, -0.2) is 4.99 Å². The second-order valence-electron chi connectivity index (χ2n) is 6.71. The highest BCUT2D eigenvalue weighted by Crippen LogP contribution is 2.24. The zero-order valence-corrected chi connectivity index (χ0v) is 21.2. The summed E-state index contributed by atoms with van der Waals surface area (Å²) in [5.74, 6) is 2.40. The van der Waals surface area contributed by atoms with E-state index in [-0.39, 0.29) is 30.1 Å². The van der Waals surface area contributed by atoms with E-state index >= 15 is 0 Å². The van der Waals surface area contributed by atoms with Gasteiger partial charge in [0, 0.05) is 25.7 Å². The molecular weight excluding hydrogens is 543 g/mol. The summed E-state index contributed by atoms with van der Waals surface area (Å²) in [5, 5.41) is 11.1. The van der Waals surface area contributed by atoms with Crippen LogP contribution < -0.4 is 15.4 Å². The molecule has 0 spiro atoms. The molecule has 10 heteroatoms. The molecule has 0 saturated heterocycles. The Balaban J connectivity index is 0.00000363. The van der Waals surface area contributed by atoms with Crippen LogP contribution in [0.4, 0.5) is 0 Å². The molecule has 0 amide bonds. The van der Waals surface area contributed by atoms with Gasteiger partial charge in [-0.15, -0.1) is 24.0 Å². The molecule has 172 valence electrons. The van der Waals surface area contributed by atoms with Crippen molar-refractivity contribution in [1.82, 2.24) is 25.8 Å². The average molecular weight is 571 g/mol. The van der Waals surface area contributed by atoms with Gasteiger partial charge in [0.2, 0.25) is 0 Å². The van der Waals surface area contributed by atoms with Gasteiger partial charge < -0.3 is 19.9 Å². The van der Waals surface area contributed by atoms with E-state index in [9.17, 15) is 0 Å². The standard InChI is InChI=1S/C22H27ClN6O2.HI/c1-3-16(30-19-11-6-5-9-17(19)23)15-27-22(24-4-2)26-14-12-20-28-21(31-29-20)18-10-7-8-13-25-18;/h5-11,13,16H,3-4,12,14-15H2,1-2H3,(H2,24,26,27);1H. The van der Waals surface area contributed by atoms with Crippen LogP contribution in [0.5, 0.6) is 5.75 Å². The van der Waals surface area contributed by atoms with Crippen LogP contribution in [0.3, 0.4) is 0 Å². The van der Waals surface area contributed by atoms with Crippen molar-refractivity contribution < 1.29 is 9.26 Å². The summed E-state index contributed by atoms with van der Waals surface area (Å²) in [6.07, 6.45) is 3.02. The first kappa shape index (κ1) is 25.9. The number of rotatable bonds is 10. The molecule has 0 aliphatic heterocycles. The fourth-order valence-electron chi connectivity index (χ4n) is 2.75. The summed E-state index contributed by atoms with van der Waals surface area (Å²) >= 11 is 6.20. The maximum Gasteiger partial charge on any atom is 0.276 e. The second-order valence-corrected chi connectivity index (χ2v) is 7.11. The maximum absolute atomic E-state index is 6.20.